The van der Waals surface area contributed by atoms with Crippen molar-refractivity contribution in [1.29, 1.82) is 0 Å². The van der Waals surface area contributed by atoms with E-state index in [1.807, 2.05) is 20.8 Å². The molecule has 0 aromatic heterocycles. The fourth-order valence-corrected chi connectivity index (χ4v) is 9.33. The highest BCUT2D eigenvalue weighted by Gasteiger charge is 2.60. The lowest BCUT2D eigenvalue weighted by atomic mass is 9.42. The highest BCUT2D eigenvalue weighted by atomic mass is 16.5. The summed E-state index contributed by atoms with van der Waals surface area (Å²) in [5, 5.41) is 0. The molecule has 0 radical (unpaired) electrons. The van der Waals surface area contributed by atoms with Gasteiger partial charge in [-0.3, -0.25) is 4.79 Å². The molecule has 31 heavy (non-hydrogen) atoms. The number of hydrogen-bond donors (Lipinski definition) is 0. The second-order valence-electron chi connectivity index (χ2n) is 11.7. The van der Waals surface area contributed by atoms with Gasteiger partial charge >= 0.3 is 5.97 Å². The Hall–Kier alpha value is -0.530. The van der Waals surface area contributed by atoms with Crippen molar-refractivity contribution >= 4 is 5.97 Å². The van der Waals surface area contributed by atoms with Gasteiger partial charge in [-0.15, -0.1) is 0 Å². The van der Waals surface area contributed by atoms with E-state index in [1.165, 1.54) is 70.6 Å². The molecule has 4 aliphatic rings. The number of esters is 1. The molecule has 0 amide bonds. The molecule has 4 rings (SSSR count). The van der Waals surface area contributed by atoms with Crippen molar-refractivity contribution < 1.29 is 9.53 Å². The Kier molecular flexibility index (Phi) is 8.58. The van der Waals surface area contributed by atoms with Crippen LogP contribution in [0.5, 0.6) is 0 Å². The van der Waals surface area contributed by atoms with Gasteiger partial charge in [0, 0.05) is 6.42 Å². The minimum Gasteiger partial charge on any atom is -0.466 e. The van der Waals surface area contributed by atoms with E-state index in [0.29, 0.717) is 23.9 Å². The molecular formula is C29H52O2. The summed E-state index contributed by atoms with van der Waals surface area (Å²) in [6, 6.07) is 0. The maximum atomic E-state index is 11.8. The van der Waals surface area contributed by atoms with Crippen molar-refractivity contribution in [3.8, 4) is 0 Å². The second-order valence-corrected chi connectivity index (χ2v) is 11.7. The van der Waals surface area contributed by atoms with Crippen LogP contribution in [0.3, 0.4) is 0 Å². The smallest absolute Gasteiger partial charge is 0.305 e. The predicted octanol–water partition coefficient (Wildman–Crippen LogP) is 8.43. The first-order chi connectivity index (χ1) is 14.9. The standard InChI is InChI=1S/C27H46O2.C2H6/c1-5-19-18-21-23-14-13-20(10-9-12-25(28)29-6-2)26(23,3)17-15-24(21)27(4)16-8-7-11-22(19)27;1-2/h19-24H,5-18H2,1-4H3;1-2H3/t19-,20?,21?,22?,23?,24?,26?,27?;/m0./s1. The lowest BCUT2D eigenvalue weighted by Gasteiger charge is -2.62. The third-order valence-electron chi connectivity index (χ3n) is 10.7. The Morgan fingerprint density at radius 3 is 2.35 bits per heavy atom. The van der Waals surface area contributed by atoms with Gasteiger partial charge in [-0.05, 0) is 111 Å². The zero-order chi connectivity index (χ0) is 22.6. The zero-order valence-electron chi connectivity index (χ0n) is 21.7. The number of carbonyl (C=O) groups is 1. The van der Waals surface area contributed by atoms with Crippen molar-refractivity contribution in [2.24, 2.45) is 46.3 Å². The van der Waals surface area contributed by atoms with Gasteiger partial charge in [-0.2, -0.15) is 0 Å². The molecule has 0 aromatic rings. The summed E-state index contributed by atoms with van der Waals surface area (Å²) in [6.45, 7) is 14.2. The average molecular weight is 433 g/mol. The molecule has 0 aromatic carbocycles. The maximum Gasteiger partial charge on any atom is 0.305 e. The SMILES string of the molecule is CC.CCOC(=O)CCCC1CCC2C3C[C@H](CC)C4CCCCC4(C)C3CCC12C. The number of ether oxygens (including phenoxy) is 1. The quantitative estimate of drug-likeness (QED) is 0.394. The molecule has 0 bridgehead atoms. The molecule has 8 atom stereocenters. The fraction of sp³-hybridized carbons (Fsp3) is 0.966. The molecule has 0 heterocycles. The summed E-state index contributed by atoms with van der Waals surface area (Å²) in [4.78, 5) is 11.8. The van der Waals surface area contributed by atoms with Crippen molar-refractivity contribution in [3.05, 3.63) is 0 Å². The Labute approximate surface area is 193 Å². The largest absolute Gasteiger partial charge is 0.466 e. The van der Waals surface area contributed by atoms with E-state index in [0.717, 1.165) is 41.9 Å². The zero-order valence-corrected chi connectivity index (χ0v) is 21.7. The van der Waals surface area contributed by atoms with E-state index in [9.17, 15) is 4.79 Å². The summed E-state index contributed by atoms with van der Waals surface area (Å²) < 4.78 is 5.16. The van der Waals surface area contributed by atoms with E-state index in [2.05, 4.69) is 20.8 Å². The van der Waals surface area contributed by atoms with Crippen LogP contribution in [-0.2, 0) is 9.53 Å². The molecule has 4 fully saturated rings. The van der Waals surface area contributed by atoms with Gasteiger partial charge in [0.15, 0.2) is 0 Å². The molecule has 4 aliphatic carbocycles. The Balaban J connectivity index is 0.00000132. The second kappa shape index (κ2) is 10.6. The molecule has 0 spiro atoms. The van der Waals surface area contributed by atoms with Crippen LogP contribution in [0.2, 0.25) is 0 Å². The highest BCUT2D eigenvalue weighted by Crippen LogP contribution is 2.69. The highest BCUT2D eigenvalue weighted by molar-refractivity contribution is 5.69. The van der Waals surface area contributed by atoms with E-state index in [4.69, 9.17) is 4.74 Å². The van der Waals surface area contributed by atoms with E-state index in [-0.39, 0.29) is 5.97 Å². The lowest BCUT2D eigenvalue weighted by molar-refractivity contribution is -0.143. The summed E-state index contributed by atoms with van der Waals surface area (Å²) >= 11 is 0. The van der Waals surface area contributed by atoms with Crippen molar-refractivity contribution in [1.82, 2.24) is 0 Å². The van der Waals surface area contributed by atoms with Crippen LogP contribution in [0, 0.1) is 46.3 Å². The summed E-state index contributed by atoms with van der Waals surface area (Å²) in [7, 11) is 0. The third kappa shape index (κ3) is 4.61. The van der Waals surface area contributed by atoms with Crippen LogP contribution in [0.25, 0.3) is 0 Å². The molecule has 7 unspecified atom stereocenters. The predicted molar refractivity (Wildman–Crippen MR) is 131 cm³/mol. The van der Waals surface area contributed by atoms with Gasteiger partial charge in [0.25, 0.3) is 0 Å². The molecular weight excluding hydrogens is 380 g/mol. The molecule has 2 nitrogen and oxygen atoms in total. The van der Waals surface area contributed by atoms with Gasteiger partial charge in [0.1, 0.15) is 0 Å². The average Bonchev–Trinajstić information content (AvgIpc) is 3.11. The summed E-state index contributed by atoms with van der Waals surface area (Å²) in [5.74, 6) is 5.74. The van der Waals surface area contributed by atoms with E-state index < -0.39 is 0 Å². The lowest BCUT2D eigenvalue weighted by Crippen LogP contribution is -2.55. The molecule has 4 saturated carbocycles. The van der Waals surface area contributed by atoms with Crippen LogP contribution in [0.15, 0.2) is 0 Å². The molecule has 2 heteroatoms. The van der Waals surface area contributed by atoms with Crippen LogP contribution < -0.4 is 0 Å². The van der Waals surface area contributed by atoms with Crippen molar-refractivity contribution in [2.45, 2.75) is 125 Å². The van der Waals surface area contributed by atoms with Crippen LogP contribution in [0.1, 0.15) is 125 Å². The minimum absolute atomic E-state index is 0.00485. The van der Waals surface area contributed by atoms with E-state index >= 15 is 0 Å². The number of hydrogen-bond acceptors (Lipinski definition) is 2. The Morgan fingerprint density at radius 1 is 0.903 bits per heavy atom. The summed E-state index contributed by atoms with van der Waals surface area (Å²) in [6.07, 6.45) is 17.6. The Bertz CT molecular complexity index is 585. The van der Waals surface area contributed by atoms with Crippen molar-refractivity contribution in [3.63, 3.8) is 0 Å². The van der Waals surface area contributed by atoms with Gasteiger partial charge < -0.3 is 4.74 Å². The first-order valence-electron chi connectivity index (χ1n) is 14.1. The maximum absolute atomic E-state index is 11.8. The number of fused-ring (bicyclic) bond motifs is 5. The first kappa shape index (κ1) is 25.1. The van der Waals surface area contributed by atoms with Gasteiger partial charge in [-0.1, -0.05) is 53.9 Å². The monoisotopic (exact) mass is 432 g/mol. The van der Waals surface area contributed by atoms with Gasteiger partial charge in [0.2, 0.25) is 0 Å². The van der Waals surface area contributed by atoms with E-state index in [1.54, 1.807) is 0 Å². The Morgan fingerprint density at radius 2 is 1.65 bits per heavy atom. The first-order valence-corrected chi connectivity index (χ1v) is 14.1. The van der Waals surface area contributed by atoms with Crippen LogP contribution in [0.4, 0.5) is 0 Å². The third-order valence-corrected chi connectivity index (χ3v) is 10.7. The van der Waals surface area contributed by atoms with Gasteiger partial charge in [-0.25, -0.2) is 0 Å². The number of rotatable bonds is 6. The van der Waals surface area contributed by atoms with Crippen LogP contribution in [-0.4, -0.2) is 12.6 Å². The number of carbonyl (C=O) groups excluding carboxylic acids is 1. The molecule has 0 N–H and O–H groups in total. The normalized spacial score (nSPS) is 43.7. The minimum atomic E-state index is 0.00485. The molecule has 0 aliphatic heterocycles. The van der Waals surface area contributed by atoms with Crippen molar-refractivity contribution in [2.75, 3.05) is 6.61 Å². The van der Waals surface area contributed by atoms with Gasteiger partial charge in [0.05, 0.1) is 6.61 Å². The molecule has 180 valence electrons. The topological polar surface area (TPSA) is 26.3 Å². The molecule has 0 saturated heterocycles. The van der Waals surface area contributed by atoms with Crippen LogP contribution >= 0.6 is 0 Å². The fourth-order valence-electron chi connectivity index (χ4n) is 9.33. The summed E-state index contributed by atoms with van der Waals surface area (Å²) in [5.41, 5.74) is 1.16.